The molecule has 17 rings (SSSR count). The van der Waals surface area contributed by atoms with Crippen molar-refractivity contribution in [3.05, 3.63) is 333 Å². The van der Waals surface area contributed by atoms with Gasteiger partial charge in [0.05, 0.1) is 8.22 Å². The van der Waals surface area contributed by atoms with Crippen molar-refractivity contribution in [2.75, 3.05) is 0 Å². The summed E-state index contributed by atoms with van der Waals surface area (Å²) >= 11 is -5.28. The Balaban J connectivity index is 1.01. The molecule has 88 heavy (non-hydrogen) atoms. The molecule has 0 fully saturated rings. The first kappa shape index (κ1) is 35.0. The molecule has 1 atom stereocenters. The molecular weight excluding hydrogens is 1140 g/mol. The number of fused-ring (bicyclic) bond motifs is 9. The van der Waals surface area contributed by atoms with E-state index in [1.54, 1.807) is 12.1 Å². The van der Waals surface area contributed by atoms with Gasteiger partial charge in [0.2, 0.25) is 0 Å². The molecule has 412 valence electrons. The number of nitrogens with zero attached hydrogens (tertiary/aromatic N) is 5. The van der Waals surface area contributed by atoms with Gasteiger partial charge in [0, 0.05) is 0 Å². The Kier molecular flexibility index (Phi) is 8.37. The summed E-state index contributed by atoms with van der Waals surface area (Å²) in [7, 11) is -3.28. The van der Waals surface area contributed by atoms with Crippen molar-refractivity contribution < 1.29 is 27.4 Å². The van der Waals surface area contributed by atoms with E-state index in [4.69, 9.17) is 25.9 Å². The van der Waals surface area contributed by atoms with Crippen LogP contribution in [0.2, 0.25) is 0 Å². The summed E-state index contributed by atoms with van der Waals surface area (Å²) in [6.07, 6.45) is 0. The Morgan fingerprint density at radius 1 is 0.318 bits per heavy atom. The molecular formula is C81H55GeN5Si. The van der Waals surface area contributed by atoms with Gasteiger partial charge in [-0.1, -0.05) is 12.1 Å². The van der Waals surface area contributed by atoms with Crippen LogP contribution in [0.15, 0.2) is 333 Å². The molecule has 1 aliphatic heterocycles. The number of aromatic nitrogens is 5. The zero-order valence-corrected chi connectivity index (χ0v) is 49.5. The van der Waals surface area contributed by atoms with E-state index in [2.05, 4.69) is 97.1 Å². The molecule has 5 nitrogen and oxygen atoms in total. The van der Waals surface area contributed by atoms with Crippen molar-refractivity contribution in [1.82, 2.24) is 24.1 Å². The van der Waals surface area contributed by atoms with Gasteiger partial charge in [-0.3, -0.25) is 0 Å². The normalized spacial score (nSPS) is 16.9. The number of benzene rings is 13. The Hall–Kier alpha value is -10.8. The molecule has 3 aromatic heterocycles. The maximum atomic E-state index is 11.2. The molecule has 13 aromatic carbocycles. The van der Waals surface area contributed by atoms with Gasteiger partial charge in [-0.25, -0.2) is 0 Å². The quantitative estimate of drug-likeness (QED) is 0.121. The van der Waals surface area contributed by atoms with Crippen molar-refractivity contribution in [2.45, 2.75) is 0 Å². The SMILES string of the molecule is [2H]c1c([2H])c(-c2nc(-c3ccccc3-n3c4c([2H])c([2H])c([2H])c([2H])c4c4c([2H])c([2H])c([2H])c([2H])c43)nc(-n3c4c([2H])c([2H])c([2H])c([2H])c4c4c([2H])c([2H])c([2H])c([2H])c43)n2)c([2H])[c]([Ge]([c]2ccccc2)([c]2ccccc2)[c]2ccc3c(c2)-c2ccccc2[Si]3(c2ccccc2)c2cccc(-c3ccccc3)c2)c1[2H]. The van der Waals surface area contributed by atoms with E-state index in [1.165, 1.54) is 16.7 Å². The predicted octanol–water partition coefficient (Wildman–Crippen LogP) is 13.8. The topological polar surface area (TPSA) is 48.5 Å². The summed E-state index contributed by atoms with van der Waals surface area (Å²) in [6, 6.07) is 56.3. The monoisotopic (exact) mass is 1220 g/mol. The van der Waals surface area contributed by atoms with E-state index in [0.29, 0.717) is 0 Å². The standard InChI is InChI=1S/C81H55GeN5Si/c1-5-27-56(28-6-1)57-29-26-38-64(54-57)88(63-36-11-4-12-37-63)77-50-24-18-43-69(77)71-55-62(51-52-78(71)88)82(59-31-7-2-8-32-59,60-33-9-3-10-34-60)61-35-25-30-58(53-61)79-83-80(85-81(84-79)87-74-47-21-15-41-67(74)68-42-16-22-48-75(68)87)70-44-17-23-49-76(70)86-72-45-19-13-39-65(72)66-40-14-20-46-73(66)86/h1-55H/i13D,14D,15D,16D,19D,20D,21D,22D,25D,30D,35D,39D,40D,41D,42D,45D,46D,47D,48D,53D. The molecule has 4 heterocycles. The van der Waals surface area contributed by atoms with Crippen LogP contribution in [-0.4, -0.2) is 45.4 Å². The van der Waals surface area contributed by atoms with Gasteiger partial charge < -0.3 is 0 Å². The maximum absolute atomic E-state index is 11.2. The van der Waals surface area contributed by atoms with E-state index in [1.807, 2.05) is 91.0 Å². The molecule has 7 heteroatoms. The average Bonchev–Trinajstić information content (AvgIpc) is 1.59. The van der Waals surface area contributed by atoms with Gasteiger partial charge in [-0.15, -0.1) is 0 Å². The third-order valence-electron chi connectivity index (χ3n) is 17.0. The van der Waals surface area contributed by atoms with Gasteiger partial charge in [0.25, 0.3) is 0 Å². The molecule has 0 spiro atoms. The molecule has 1 aliphatic rings. The van der Waals surface area contributed by atoms with Gasteiger partial charge in [0.15, 0.2) is 0 Å². The first-order valence-electron chi connectivity index (χ1n) is 38.5. The fourth-order valence-electron chi connectivity index (χ4n) is 13.3. The molecule has 0 saturated carbocycles. The third-order valence-corrected chi connectivity index (χ3v) is 31.5. The van der Waals surface area contributed by atoms with Crippen LogP contribution in [0.3, 0.4) is 0 Å². The molecule has 0 amide bonds. The summed E-state index contributed by atoms with van der Waals surface area (Å²) in [5.74, 6) is -1.57. The second-order valence-corrected chi connectivity index (χ2v) is 33.0. The number of hydrogen-bond donors (Lipinski definition) is 0. The van der Waals surface area contributed by atoms with Gasteiger partial charge in [-0.2, -0.15) is 0 Å². The fourth-order valence-corrected chi connectivity index (χ4v) is 28.0. The van der Waals surface area contributed by atoms with E-state index >= 15 is 0 Å². The molecule has 0 aliphatic carbocycles. The van der Waals surface area contributed by atoms with Crippen LogP contribution in [0.5, 0.6) is 0 Å². The van der Waals surface area contributed by atoms with Crippen LogP contribution in [0.1, 0.15) is 27.4 Å². The predicted molar refractivity (Wildman–Crippen MR) is 371 cm³/mol. The summed E-state index contributed by atoms with van der Waals surface area (Å²) in [4.78, 5) is 15.3. The molecule has 0 saturated heterocycles. The van der Waals surface area contributed by atoms with Crippen molar-refractivity contribution in [3.63, 3.8) is 0 Å². The van der Waals surface area contributed by atoms with Crippen LogP contribution in [0.25, 0.3) is 100 Å². The van der Waals surface area contributed by atoms with Crippen LogP contribution in [0.4, 0.5) is 0 Å². The number of rotatable bonds is 11. The number of para-hydroxylation sites is 5. The van der Waals surface area contributed by atoms with E-state index < -0.39 is 176 Å². The van der Waals surface area contributed by atoms with E-state index in [0.717, 1.165) is 60.8 Å². The minimum absolute atomic E-state index is 0.0640. The van der Waals surface area contributed by atoms with Crippen molar-refractivity contribution >= 4 is 103 Å². The van der Waals surface area contributed by atoms with Crippen LogP contribution in [-0.2, 0) is 0 Å². The summed E-state index contributed by atoms with van der Waals surface area (Å²) in [5, 5.41) is 3.32. The van der Waals surface area contributed by atoms with Crippen molar-refractivity contribution in [2.24, 2.45) is 0 Å². The van der Waals surface area contributed by atoms with Gasteiger partial charge in [0.1, 0.15) is 0 Å². The second-order valence-electron chi connectivity index (χ2n) is 21.5. The van der Waals surface area contributed by atoms with Gasteiger partial charge in [-0.05, 0) is 0 Å². The second kappa shape index (κ2) is 21.0. The Morgan fingerprint density at radius 2 is 0.818 bits per heavy atom. The summed E-state index contributed by atoms with van der Waals surface area (Å²) < 4.78 is 194. The fraction of sp³-hybridized carbons (Fsp3) is 0. The number of hydrogen-bond acceptors (Lipinski definition) is 3. The zero-order valence-electron chi connectivity index (χ0n) is 66.4. The molecule has 0 bridgehead atoms. The Morgan fingerprint density at radius 3 is 1.45 bits per heavy atom. The molecule has 1 unspecified atom stereocenters. The summed E-state index contributed by atoms with van der Waals surface area (Å²) in [6.45, 7) is 0. The minimum atomic E-state index is -5.28. The first-order valence-corrected chi connectivity index (χ1v) is 34.7. The summed E-state index contributed by atoms with van der Waals surface area (Å²) in [5.41, 5.74) is 2.05. The van der Waals surface area contributed by atoms with Crippen LogP contribution in [0, 0.1) is 0 Å². The zero-order chi connectivity index (χ0) is 75.6. The van der Waals surface area contributed by atoms with Crippen LogP contribution < -0.4 is 38.3 Å². The van der Waals surface area contributed by atoms with Crippen molar-refractivity contribution in [3.8, 4) is 56.7 Å². The van der Waals surface area contributed by atoms with E-state index in [9.17, 15) is 16.4 Å². The third kappa shape index (κ3) is 7.96. The molecule has 16 aromatic rings. The van der Waals surface area contributed by atoms with Crippen LogP contribution >= 0.6 is 0 Å². The van der Waals surface area contributed by atoms with E-state index in [-0.39, 0.29) is 48.2 Å². The van der Waals surface area contributed by atoms with Gasteiger partial charge >= 0.3 is 524 Å². The Labute approximate surface area is 542 Å². The van der Waals surface area contributed by atoms with Crippen molar-refractivity contribution in [1.29, 1.82) is 0 Å². The molecule has 0 radical (unpaired) electrons. The average molecular weight is 1220 g/mol. The first-order chi connectivity index (χ1) is 52.0. The Bertz CT molecular complexity index is 6390. The molecule has 0 N–H and O–H groups in total.